The lowest BCUT2D eigenvalue weighted by Gasteiger charge is -2.32. The van der Waals surface area contributed by atoms with Gasteiger partial charge in [0.25, 0.3) is 5.56 Å². The van der Waals surface area contributed by atoms with E-state index in [2.05, 4.69) is 4.90 Å². The second-order valence-corrected chi connectivity index (χ2v) is 8.56. The molecule has 2 atom stereocenters. The predicted octanol–water partition coefficient (Wildman–Crippen LogP) is 1.98. The summed E-state index contributed by atoms with van der Waals surface area (Å²) >= 11 is 0. The zero-order chi connectivity index (χ0) is 20.5. The van der Waals surface area contributed by atoms with Gasteiger partial charge >= 0.3 is 5.97 Å². The van der Waals surface area contributed by atoms with Crippen LogP contribution >= 0.6 is 0 Å². The fourth-order valence-corrected chi connectivity index (χ4v) is 4.87. The summed E-state index contributed by atoms with van der Waals surface area (Å²) in [6, 6.07) is 2.96. The second kappa shape index (κ2) is 6.13. The van der Waals surface area contributed by atoms with Crippen molar-refractivity contribution in [1.29, 1.82) is 0 Å². The van der Waals surface area contributed by atoms with Crippen LogP contribution in [0.5, 0.6) is 11.5 Å². The van der Waals surface area contributed by atoms with E-state index in [1.807, 2.05) is 6.92 Å². The van der Waals surface area contributed by atoms with Crippen molar-refractivity contribution in [2.75, 3.05) is 31.7 Å². The summed E-state index contributed by atoms with van der Waals surface area (Å²) in [5.41, 5.74) is 7.11. The van der Waals surface area contributed by atoms with E-state index >= 15 is 0 Å². The number of aromatic nitrogens is 1. The molecule has 1 aromatic heterocycles. The predicted molar refractivity (Wildman–Crippen MR) is 108 cm³/mol. The third-order valence-corrected chi connectivity index (χ3v) is 6.72. The molecule has 3 heterocycles. The first-order valence-corrected chi connectivity index (χ1v) is 10.0. The molecule has 1 aromatic carbocycles. The third-order valence-electron chi connectivity index (χ3n) is 6.72. The molecular weight excluding hydrogens is 374 g/mol. The van der Waals surface area contributed by atoms with Crippen LogP contribution in [0.2, 0.25) is 0 Å². The Labute approximate surface area is 167 Å². The lowest BCUT2D eigenvalue weighted by atomic mass is 9.97. The van der Waals surface area contributed by atoms with Gasteiger partial charge in [-0.25, -0.2) is 4.79 Å². The highest BCUT2D eigenvalue weighted by atomic mass is 16.5. The topological polar surface area (TPSA) is 107 Å². The van der Waals surface area contributed by atoms with Gasteiger partial charge in [-0.2, -0.15) is 0 Å². The van der Waals surface area contributed by atoms with Gasteiger partial charge in [-0.05, 0) is 44.2 Å². The number of carboxylic acid groups (broad SMARTS) is 1. The summed E-state index contributed by atoms with van der Waals surface area (Å²) in [7, 11) is 1.59. The minimum Gasteiger partial charge on any atom is -0.494 e. The van der Waals surface area contributed by atoms with Gasteiger partial charge in [0.05, 0.1) is 18.7 Å². The number of benzene rings is 1. The average Bonchev–Trinajstić information content (AvgIpc) is 3.25. The Morgan fingerprint density at radius 1 is 1.38 bits per heavy atom. The molecule has 1 aliphatic carbocycles. The first kappa shape index (κ1) is 18.3. The van der Waals surface area contributed by atoms with Crippen LogP contribution in [-0.2, 0) is 0 Å². The van der Waals surface area contributed by atoms with Crippen molar-refractivity contribution in [1.82, 2.24) is 4.57 Å². The molecule has 1 saturated carbocycles. The van der Waals surface area contributed by atoms with Crippen LogP contribution in [0.15, 0.2) is 16.9 Å². The number of carboxylic acids is 1. The van der Waals surface area contributed by atoms with Gasteiger partial charge in [0.1, 0.15) is 23.6 Å². The highest BCUT2D eigenvalue weighted by molar-refractivity contribution is 5.99. The Hall–Kier alpha value is -2.74. The van der Waals surface area contributed by atoms with Gasteiger partial charge in [0.15, 0.2) is 5.75 Å². The van der Waals surface area contributed by atoms with Crippen LogP contribution in [0, 0.1) is 5.92 Å². The first-order chi connectivity index (χ1) is 13.8. The van der Waals surface area contributed by atoms with Crippen molar-refractivity contribution in [2.24, 2.45) is 11.7 Å². The van der Waals surface area contributed by atoms with Crippen molar-refractivity contribution in [3.05, 3.63) is 28.0 Å². The number of aromatic carboxylic acids is 1. The molecule has 8 heteroatoms. The first-order valence-electron chi connectivity index (χ1n) is 10.0. The number of carbonyl (C=O) groups is 1. The number of anilines is 1. The Morgan fingerprint density at radius 2 is 2.14 bits per heavy atom. The molecule has 0 radical (unpaired) electrons. The van der Waals surface area contributed by atoms with Crippen LogP contribution in [0.4, 0.5) is 5.69 Å². The maximum Gasteiger partial charge on any atom is 0.341 e. The standard InChI is InChI=1S/C21H25N3O5/c1-11-10-29-18-16-12(7-14(20(26)27)19(25)24(11)16)8-15(28-2)17(18)23-6-3-13(9-23)21(22)4-5-21/h7-8,11,13H,3-6,9-10,22H2,1-2H3,(H,26,27)/t11-,13+/m0/s1. The zero-order valence-corrected chi connectivity index (χ0v) is 16.6. The average molecular weight is 399 g/mol. The van der Waals surface area contributed by atoms with Gasteiger partial charge in [0, 0.05) is 24.0 Å². The third kappa shape index (κ3) is 2.62. The SMILES string of the molecule is COc1cc2cc(C(=O)O)c(=O)n3c2c(c1N1CC[C@@H](C2(N)CC2)C1)OC[C@@H]3C. The van der Waals surface area contributed by atoms with E-state index in [1.54, 1.807) is 17.7 Å². The summed E-state index contributed by atoms with van der Waals surface area (Å²) in [5.74, 6) is 0.401. The maximum atomic E-state index is 12.9. The molecule has 1 saturated heterocycles. The molecule has 3 aliphatic rings. The Bertz CT molecular complexity index is 1090. The van der Waals surface area contributed by atoms with Gasteiger partial charge < -0.3 is 25.2 Å². The van der Waals surface area contributed by atoms with Crippen molar-refractivity contribution in [3.63, 3.8) is 0 Å². The van der Waals surface area contributed by atoms with Gasteiger partial charge in [0.2, 0.25) is 0 Å². The largest absolute Gasteiger partial charge is 0.494 e. The molecule has 0 amide bonds. The number of ether oxygens (including phenoxy) is 2. The highest BCUT2D eigenvalue weighted by Crippen LogP contribution is 2.50. The summed E-state index contributed by atoms with van der Waals surface area (Å²) in [5, 5.41) is 10.1. The van der Waals surface area contributed by atoms with Gasteiger partial charge in [-0.1, -0.05) is 0 Å². The zero-order valence-electron chi connectivity index (χ0n) is 16.6. The summed E-state index contributed by atoms with van der Waals surface area (Å²) in [6.45, 7) is 3.82. The molecule has 8 nitrogen and oxygen atoms in total. The molecule has 154 valence electrons. The molecule has 2 fully saturated rings. The van der Waals surface area contributed by atoms with E-state index in [9.17, 15) is 14.7 Å². The van der Waals surface area contributed by atoms with E-state index in [-0.39, 0.29) is 17.1 Å². The van der Waals surface area contributed by atoms with Crippen LogP contribution in [0.3, 0.4) is 0 Å². The summed E-state index contributed by atoms with van der Waals surface area (Å²) < 4.78 is 13.4. The summed E-state index contributed by atoms with van der Waals surface area (Å²) in [4.78, 5) is 26.7. The lowest BCUT2D eigenvalue weighted by Crippen LogP contribution is -2.36. The number of nitrogens with two attached hydrogens (primary N) is 1. The Balaban J connectivity index is 1.73. The Morgan fingerprint density at radius 3 is 2.79 bits per heavy atom. The quantitative estimate of drug-likeness (QED) is 0.809. The van der Waals surface area contributed by atoms with Crippen molar-refractivity contribution < 1.29 is 19.4 Å². The van der Waals surface area contributed by atoms with Crippen LogP contribution in [0.25, 0.3) is 10.9 Å². The molecular formula is C21H25N3O5. The maximum absolute atomic E-state index is 12.9. The normalized spacial score (nSPS) is 24.4. The number of methoxy groups -OCH3 is 1. The smallest absolute Gasteiger partial charge is 0.341 e. The monoisotopic (exact) mass is 399 g/mol. The number of hydrogen-bond acceptors (Lipinski definition) is 6. The van der Waals surface area contributed by atoms with E-state index in [0.29, 0.717) is 34.9 Å². The molecule has 2 aliphatic heterocycles. The molecule has 29 heavy (non-hydrogen) atoms. The van der Waals surface area contributed by atoms with E-state index in [0.717, 1.165) is 38.0 Å². The second-order valence-electron chi connectivity index (χ2n) is 8.56. The highest BCUT2D eigenvalue weighted by Gasteiger charge is 2.48. The van der Waals surface area contributed by atoms with E-state index in [1.165, 1.54) is 6.07 Å². The van der Waals surface area contributed by atoms with Gasteiger partial charge in [-0.15, -0.1) is 0 Å². The number of hydrogen-bond donors (Lipinski definition) is 2. The van der Waals surface area contributed by atoms with Crippen molar-refractivity contribution >= 4 is 22.6 Å². The number of nitrogens with zero attached hydrogens (tertiary/aromatic N) is 2. The lowest BCUT2D eigenvalue weighted by molar-refractivity contribution is 0.0694. The molecule has 3 N–H and O–H groups in total. The molecule has 0 spiro atoms. The molecule has 5 rings (SSSR count). The van der Waals surface area contributed by atoms with Crippen molar-refractivity contribution in [2.45, 2.75) is 37.8 Å². The van der Waals surface area contributed by atoms with Crippen molar-refractivity contribution in [3.8, 4) is 11.5 Å². The van der Waals surface area contributed by atoms with Crippen LogP contribution in [0.1, 0.15) is 42.6 Å². The Kier molecular flexibility index (Phi) is 3.87. The number of pyridine rings is 1. The van der Waals surface area contributed by atoms with Crippen LogP contribution in [-0.4, -0.2) is 48.0 Å². The fourth-order valence-electron chi connectivity index (χ4n) is 4.87. The fraction of sp³-hybridized carbons (Fsp3) is 0.524. The van der Waals surface area contributed by atoms with E-state index < -0.39 is 11.5 Å². The summed E-state index contributed by atoms with van der Waals surface area (Å²) in [6.07, 6.45) is 3.15. The molecule has 0 bridgehead atoms. The minimum atomic E-state index is -1.23. The molecule has 0 unspecified atom stereocenters. The molecule has 2 aromatic rings. The number of rotatable bonds is 4. The minimum absolute atomic E-state index is 0.0517. The van der Waals surface area contributed by atoms with E-state index in [4.69, 9.17) is 15.2 Å². The van der Waals surface area contributed by atoms with Crippen LogP contribution < -0.4 is 25.7 Å². The van der Waals surface area contributed by atoms with Gasteiger partial charge in [-0.3, -0.25) is 9.36 Å².